The first-order valence-electron chi connectivity index (χ1n) is 19.4. The number of aromatic nitrogens is 4. The van der Waals surface area contributed by atoms with E-state index in [9.17, 15) is 0 Å². The van der Waals surface area contributed by atoms with Crippen LogP contribution in [0.1, 0.15) is 25.0 Å². The molecule has 0 saturated carbocycles. The van der Waals surface area contributed by atoms with E-state index in [-0.39, 0.29) is 5.41 Å². The van der Waals surface area contributed by atoms with E-state index in [1.54, 1.807) is 0 Å². The highest BCUT2D eigenvalue weighted by Gasteiger charge is 2.35. The van der Waals surface area contributed by atoms with Crippen LogP contribution in [-0.2, 0) is 5.41 Å². The van der Waals surface area contributed by atoms with Gasteiger partial charge in [-0.3, -0.25) is 0 Å². The number of fused-ring (bicyclic) bond motifs is 7. The summed E-state index contributed by atoms with van der Waals surface area (Å²) >= 11 is 0. The molecule has 0 spiro atoms. The van der Waals surface area contributed by atoms with Crippen molar-refractivity contribution >= 4 is 32.6 Å². The maximum atomic E-state index is 5.29. The maximum absolute atomic E-state index is 5.29. The standard InChI is InChI=1S/C53H36N4/c1-53(2)46-19-6-5-17-44(46)45-25-22-37(30-47(45)53)36-12-7-13-38(28-36)48-26-23-34-20-21-35-24-27-49(57-51(35)50(34)56-48)39-14-8-15-40(29-39)52-54-31-41(32-55-52)43-18-9-11-33-10-3-4-16-42(33)43/h3-32H,1-2H3. The predicted molar refractivity (Wildman–Crippen MR) is 235 cm³/mol. The topological polar surface area (TPSA) is 51.6 Å². The molecule has 0 radical (unpaired) electrons. The Balaban J connectivity index is 0.927. The predicted octanol–water partition coefficient (Wildman–Crippen LogP) is 13.4. The Morgan fingerprint density at radius 2 is 0.912 bits per heavy atom. The Hall–Kier alpha value is -7.30. The normalized spacial score (nSPS) is 12.9. The maximum Gasteiger partial charge on any atom is 0.159 e. The average molecular weight is 729 g/mol. The number of nitrogens with zero attached hydrogens (tertiary/aromatic N) is 4. The summed E-state index contributed by atoms with van der Waals surface area (Å²) in [6.45, 7) is 4.66. The van der Waals surface area contributed by atoms with Crippen molar-refractivity contribution in [3.8, 4) is 67.3 Å². The second-order valence-corrected chi connectivity index (χ2v) is 15.5. The molecule has 4 heteroatoms. The summed E-state index contributed by atoms with van der Waals surface area (Å²) in [5.74, 6) is 0.675. The van der Waals surface area contributed by atoms with E-state index in [4.69, 9.17) is 19.9 Å². The first kappa shape index (κ1) is 33.1. The van der Waals surface area contributed by atoms with Gasteiger partial charge in [0, 0.05) is 50.8 Å². The van der Waals surface area contributed by atoms with Crippen molar-refractivity contribution in [3.63, 3.8) is 0 Å². The summed E-state index contributed by atoms with van der Waals surface area (Å²) in [7, 11) is 0. The van der Waals surface area contributed by atoms with Gasteiger partial charge in [-0.25, -0.2) is 19.9 Å². The third-order valence-corrected chi connectivity index (χ3v) is 11.8. The molecular weight excluding hydrogens is 693 g/mol. The van der Waals surface area contributed by atoms with Crippen LogP contribution in [0.2, 0.25) is 0 Å². The van der Waals surface area contributed by atoms with E-state index in [1.165, 1.54) is 44.2 Å². The van der Waals surface area contributed by atoms with E-state index < -0.39 is 0 Å². The van der Waals surface area contributed by atoms with Crippen LogP contribution < -0.4 is 0 Å². The van der Waals surface area contributed by atoms with Crippen LogP contribution in [0.25, 0.3) is 99.9 Å². The van der Waals surface area contributed by atoms with Gasteiger partial charge in [-0.1, -0.05) is 153 Å². The molecule has 0 saturated heterocycles. The van der Waals surface area contributed by atoms with Crippen molar-refractivity contribution in [1.82, 2.24) is 19.9 Å². The van der Waals surface area contributed by atoms with Gasteiger partial charge in [0.2, 0.25) is 0 Å². The lowest BCUT2D eigenvalue weighted by Gasteiger charge is -2.22. The minimum Gasteiger partial charge on any atom is -0.245 e. The van der Waals surface area contributed by atoms with Crippen molar-refractivity contribution in [2.75, 3.05) is 0 Å². The van der Waals surface area contributed by atoms with E-state index in [2.05, 4.69) is 178 Å². The van der Waals surface area contributed by atoms with Gasteiger partial charge in [-0.15, -0.1) is 0 Å². The summed E-state index contributed by atoms with van der Waals surface area (Å²) in [6.07, 6.45) is 3.84. The average Bonchev–Trinajstić information content (AvgIpc) is 3.51. The Labute approximate surface area is 331 Å². The van der Waals surface area contributed by atoms with Crippen molar-refractivity contribution < 1.29 is 0 Å². The molecule has 3 aromatic heterocycles. The number of pyridine rings is 2. The largest absolute Gasteiger partial charge is 0.245 e. The molecule has 268 valence electrons. The third kappa shape index (κ3) is 5.52. The zero-order valence-corrected chi connectivity index (χ0v) is 31.6. The molecule has 4 nitrogen and oxygen atoms in total. The van der Waals surface area contributed by atoms with Gasteiger partial charge in [0.15, 0.2) is 5.82 Å². The highest BCUT2D eigenvalue weighted by Crippen LogP contribution is 2.49. The highest BCUT2D eigenvalue weighted by atomic mass is 14.9. The lowest BCUT2D eigenvalue weighted by Crippen LogP contribution is -2.14. The molecule has 11 rings (SSSR count). The summed E-state index contributed by atoms with van der Waals surface area (Å²) in [5.41, 5.74) is 16.5. The molecule has 57 heavy (non-hydrogen) atoms. The van der Waals surface area contributed by atoms with E-state index >= 15 is 0 Å². The molecule has 10 aromatic rings. The molecule has 0 fully saturated rings. The summed E-state index contributed by atoms with van der Waals surface area (Å²) in [5, 5.41) is 4.50. The Bertz CT molecular complexity index is 3210. The fourth-order valence-corrected chi connectivity index (χ4v) is 8.74. The fraction of sp³-hybridized carbons (Fsp3) is 0.0566. The lowest BCUT2D eigenvalue weighted by molar-refractivity contribution is 0.660. The van der Waals surface area contributed by atoms with Crippen LogP contribution in [0, 0.1) is 0 Å². The number of hydrogen-bond acceptors (Lipinski definition) is 4. The quantitative estimate of drug-likeness (QED) is 0.166. The Morgan fingerprint density at radius 3 is 1.67 bits per heavy atom. The van der Waals surface area contributed by atoms with Crippen molar-refractivity contribution in [2.24, 2.45) is 0 Å². The first-order chi connectivity index (χ1) is 28.0. The zero-order valence-electron chi connectivity index (χ0n) is 31.6. The second kappa shape index (κ2) is 12.9. The van der Waals surface area contributed by atoms with Gasteiger partial charge in [0.05, 0.1) is 22.4 Å². The fourth-order valence-electron chi connectivity index (χ4n) is 8.74. The summed E-state index contributed by atoms with van der Waals surface area (Å²) in [4.78, 5) is 20.2. The minimum absolute atomic E-state index is 0.0499. The minimum atomic E-state index is -0.0499. The van der Waals surface area contributed by atoms with Gasteiger partial charge >= 0.3 is 0 Å². The lowest BCUT2D eigenvalue weighted by atomic mass is 9.81. The molecule has 0 bridgehead atoms. The van der Waals surface area contributed by atoms with E-state index in [0.29, 0.717) is 5.82 Å². The van der Waals surface area contributed by atoms with Gasteiger partial charge in [0.1, 0.15) is 0 Å². The van der Waals surface area contributed by atoms with Gasteiger partial charge in [-0.2, -0.15) is 0 Å². The van der Waals surface area contributed by atoms with Crippen molar-refractivity contribution in [2.45, 2.75) is 19.3 Å². The van der Waals surface area contributed by atoms with Gasteiger partial charge in [0.25, 0.3) is 0 Å². The Morgan fingerprint density at radius 1 is 0.368 bits per heavy atom. The molecule has 0 unspecified atom stereocenters. The van der Waals surface area contributed by atoms with E-state index in [0.717, 1.165) is 61.0 Å². The molecule has 7 aromatic carbocycles. The van der Waals surface area contributed by atoms with Gasteiger partial charge < -0.3 is 0 Å². The summed E-state index contributed by atoms with van der Waals surface area (Å²) < 4.78 is 0. The smallest absolute Gasteiger partial charge is 0.159 e. The molecular formula is C53H36N4. The number of hydrogen-bond donors (Lipinski definition) is 0. The molecule has 3 heterocycles. The Kier molecular flexibility index (Phi) is 7.48. The van der Waals surface area contributed by atoms with Crippen molar-refractivity contribution in [1.29, 1.82) is 0 Å². The first-order valence-corrected chi connectivity index (χ1v) is 19.4. The third-order valence-electron chi connectivity index (χ3n) is 11.8. The monoisotopic (exact) mass is 728 g/mol. The number of rotatable bonds is 5. The molecule has 0 N–H and O–H groups in total. The van der Waals surface area contributed by atoms with E-state index in [1.807, 2.05) is 18.5 Å². The van der Waals surface area contributed by atoms with Gasteiger partial charge in [-0.05, 0) is 80.0 Å². The number of benzene rings is 7. The second-order valence-electron chi connectivity index (χ2n) is 15.5. The van der Waals surface area contributed by atoms with Crippen LogP contribution in [0.3, 0.4) is 0 Å². The highest BCUT2D eigenvalue weighted by molar-refractivity contribution is 6.04. The van der Waals surface area contributed by atoms with Crippen LogP contribution >= 0.6 is 0 Å². The van der Waals surface area contributed by atoms with Crippen LogP contribution in [0.15, 0.2) is 182 Å². The van der Waals surface area contributed by atoms with Crippen LogP contribution in [-0.4, -0.2) is 19.9 Å². The molecule has 0 aliphatic heterocycles. The zero-order chi connectivity index (χ0) is 38.1. The van der Waals surface area contributed by atoms with Crippen LogP contribution in [0.5, 0.6) is 0 Å². The van der Waals surface area contributed by atoms with Crippen LogP contribution in [0.4, 0.5) is 0 Å². The molecule has 0 amide bonds. The molecule has 0 atom stereocenters. The van der Waals surface area contributed by atoms with Crippen molar-refractivity contribution in [3.05, 3.63) is 193 Å². The summed E-state index contributed by atoms with van der Waals surface area (Å²) in [6, 6.07) is 60.3. The molecule has 1 aliphatic rings. The SMILES string of the molecule is CC1(C)c2ccccc2-c2ccc(-c3cccc(-c4ccc5ccc6ccc(-c7cccc(-c8ncc(-c9cccc%10ccccc9%10)cn8)c7)nc6c5n4)c3)cc21. The molecule has 1 aliphatic carbocycles.